The summed E-state index contributed by atoms with van der Waals surface area (Å²) in [6.45, 7) is 3.78. The molecule has 7 nitrogen and oxygen atoms in total. The summed E-state index contributed by atoms with van der Waals surface area (Å²) >= 11 is 0. The number of hydrogen-bond donors (Lipinski definition) is 1. The summed E-state index contributed by atoms with van der Waals surface area (Å²) in [4.78, 5) is -0.623. The van der Waals surface area contributed by atoms with Crippen LogP contribution in [0.1, 0.15) is 19.4 Å². The fraction of sp³-hybridized carbons (Fsp3) is 0.250. The Labute approximate surface area is 146 Å². The molecule has 9 heteroatoms. The highest BCUT2D eigenvalue weighted by molar-refractivity contribution is 7.89. The summed E-state index contributed by atoms with van der Waals surface area (Å²) in [5.74, 6) is 0.433. The van der Waals surface area contributed by atoms with E-state index >= 15 is 0 Å². The van der Waals surface area contributed by atoms with Crippen molar-refractivity contribution in [1.82, 2.24) is 0 Å². The van der Waals surface area contributed by atoms with Crippen LogP contribution in [0.3, 0.4) is 0 Å². The molecule has 1 aliphatic heterocycles. The Morgan fingerprint density at radius 1 is 1.04 bits per heavy atom. The van der Waals surface area contributed by atoms with Crippen molar-refractivity contribution in [3.05, 3.63) is 48.0 Å². The molecule has 0 amide bonds. The number of ether oxygens (including phenoxy) is 1. The van der Waals surface area contributed by atoms with E-state index in [0.717, 1.165) is 11.6 Å². The first-order chi connectivity index (χ1) is 11.5. The lowest BCUT2D eigenvalue weighted by atomic mass is 10.0. The summed E-state index contributed by atoms with van der Waals surface area (Å²) in [5.41, 5.74) is 0.384. The number of benzene rings is 2. The molecule has 2 aromatic rings. The standard InChI is InChI=1S/C16H17NO6S2/c1-16(2)10-11-5-3-8-14(15(11)22-16)23-25(20,21)13-7-4-6-12(9-13)24(17,18)19/h3-9H,10H2,1-2H3,(H2,17,18,19). The molecule has 0 bridgehead atoms. The van der Waals surface area contributed by atoms with Crippen molar-refractivity contribution >= 4 is 20.1 Å². The second kappa shape index (κ2) is 5.72. The summed E-state index contributed by atoms with van der Waals surface area (Å²) in [6, 6.07) is 9.68. The topological polar surface area (TPSA) is 113 Å². The minimum atomic E-state index is -4.25. The van der Waals surface area contributed by atoms with E-state index in [0.29, 0.717) is 12.2 Å². The molecule has 0 radical (unpaired) electrons. The number of primary sulfonamides is 1. The first-order valence-corrected chi connectivity index (χ1v) is 10.3. The first kappa shape index (κ1) is 17.7. The highest BCUT2D eigenvalue weighted by atomic mass is 32.2. The van der Waals surface area contributed by atoms with Crippen molar-refractivity contribution in [1.29, 1.82) is 0 Å². The summed E-state index contributed by atoms with van der Waals surface area (Å²) in [5, 5.41) is 5.04. The van der Waals surface area contributed by atoms with Crippen molar-refractivity contribution in [3.8, 4) is 11.5 Å². The lowest BCUT2D eigenvalue weighted by Gasteiger charge is -2.18. The number of sulfonamides is 1. The normalized spacial score (nSPS) is 16.1. The molecule has 0 atom stereocenters. The minimum absolute atomic E-state index is 0.0593. The molecule has 134 valence electrons. The van der Waals surface area contributed by atoms with Crippen LogP contribution < -0.4 is 14.1 Å². The Kier molecular flexibility index (Phi) is 4.05. The smallest absolute Gasteiger partial charge is 0.339 e. The van der Waals surface area contributed by atoms with Crippen molar-refractivity contribution in [2.45, 2.75) is 35.7 Å². The molecule has 0 aliphatic carbocycles. The third-order valence-corrected chi connectivity index (χ3v) is 5.82. The minimum Gasteiger partial charge on any atom is -0.483 e. The Morgan fingerprint density at radius 3 is 2.36 bits per heavy atom. The molecular weight excluding hydrogens is 366 g/mol. The van der Waals surface area contributed by atoms with Crippen LogP contribution in [0, 0.1) is 0 Å². The van der Waals surface area contributed by atoms with Gasteiger partial charge in [-0.25, -0.2) is 13.6 Å². The summed E-state index contributed by atoms with van der Waals surface area (Å²) in [7, 11) is -8.28. The van der Waals surface area contributed by atoms with Crippen LogP contribution in [0.4, 0.5) is 0 Å². The zero-order chi connectivity index (χ0) is 18.5. The van der Waals surface area contributed by atoms with Gasteiger partial charge in [0.15, 0.2) is 11.5 Å². The fourth-order valence-corrected chi connectivity index (χ4v) is 4.24. The van der Waals surface area contributed by atoms with Gasteiger partial charge in [-0.15, -0.1) is 0 Å². The zero-order valence-corrected chi connectivity index (χ0v) is 15.2. The molecule has 0 saturated heterocycles. The highest BCUT2D eigenvalue weighted by Crippen LogP contribution is 2.42. The predicted molar refractivity (Wildman–Crippen MR) is 90.5 cm³/mol. The molecule has 0 unspecified atom stereocenters. The lowest BCUT2D eigenvalue weighted by molar-refractivity contribution is 0.136. The third kappa shape index (κ3) is 3.63. The van der Waals surface area contributed by atoms with Crippen molar-refractivity contribution < 1.29 is 25.8 Å². The average Bonchev–Trinajstić information content (AvgIpc) is 2.81. The van der Waals surface area contributed by atoms with Gasteiger partial charge in [0.05, 0.1) is 4.90 Å². The van der Waals surface area contributed by atoms with Gasteiger partial charge >= 0.3 is 10.1 Å². The van der Waals surface area contributed by atoms with Crippen LogP contribution in [0.15, 0.2) is 52.3 Å². The van der Waals surface area contributed by atoms with Crippen LogP contribution in [0.5, 0.6) is 11.5 Å². The van der Waals surface area contributed by atoms with E-state index in [1.165, 1.54) is 24.3 Å². The molecule has 25 heavy (non-hydrogen) atoms. The molecule has 0 aromatic heterocycles. The Bertz CT molecular complexity index is 1040. The van der Waals surface area contributed by atoms with E-state index < -0.39 is 25.7 Å². The maximum Gasteiger partial charge on any atom is 0.339 e. The van der Waals surface area contributed by atoms with Gasteiger partial charge in [0.1, 0.15) is 10.5 Å². The van der Waals surface area contributed by atoms with E-state index in [-0.39, 0.29) is 15.5 Å². The van der Waals surface area contributed by atoms with Gasteiger partial charge in [0, 0.05) is 12.0 Å². The van der Waals surface area contributed by atoms with E-state index in [4.69, 9.17) is 14.1 Å². The van der Waals surface area contributed by atoms with E-state index in [2.05, 4.69) is 0 Å². The fourth-order valence-electron chi connectivity index (χ4n) is 2.63. The third-order valence-electron chi connectivity index (χ3n) is 3.68. The van der Waals surface area contributed by atoms with Gasteiger partial charge in [-0.1, -0.05) is 18.2 Å². The molecule has 2 aromatic carbocycles. The van der Waals surface area contributed by atoms with E-state index in [9.17, 15) is 16.8 Å². The van der Waals surface area contributed by atoms with Gasteiger partial charge in [-0.05, 0) is 38.1 Å². The maximum atomic E-state index is 12.5. The van der Waals surface area contributed by atoms with Gasteiger partial charge in [0.25, 0.3) is 0 Å². The second-order valence-corrected chi connectivity index (χ2v) is 9.45. The second-order valence-electron chi connectivity index (χ2n) is 6.34. The van der Waals surface area contributed by atoms with Gasteiger partial charge in [-0.3, -0.25) is 0 Å². The van der Waals surface area contributed by atoms with Crippen LogP contribution in [-0.2, 0) is 26.6 Å². The Hall–Kier alpha value is -2.10. The molecule has 0 spiro atoms. The quantitative estimate of drug-likeness (QED) is 0.806. The number of fused-ring (bicyclic) bond motifs is 1. The molecule has 1 aliphatic rings. The van der Waals surface area contributed by atoms with Crippen molar-refractivity contribution in [2.75, 3.05) is 0 Å². The monoisotopic (exact) mass is 383 g/mol. The van der Waals surface area contributed by atoms with Crippen LogP contribution in [0.2, 0.25) is 0 Å². The van der Waals surface area contributed by atoms with E-state index in [1.807, 2.05) is 19.9 Å². The summed E-state index contributed by atoms with van der Waals surface area (Å²) in [6.07, 6.45) is 0.625. The van der Waals surface area contributed by atoms with Crippen LogP contribution in [0.25, 0.3) is 0 Å². The van der Waals surface area contributed by atoms with Crippen molar-refractivity contribution in [3.63, 3.8) is 0 Å². The average molecular weight is 383 g/mol. The predicted octanol–water partition coefficient (Wildman–Crippen LogP) is 1.82. The largest absolute Gasteiger partial charge is 0.483 e. The van der Waals surface area contributed by atoms with E-state index in [1.54, 1.807) is 6.07 Å². The number of rotatable bonds is 4. The highest BCUT2D eigenvalue weighted by Gasteiger charge is 2.33. The number of nitrogens with two attached hydrogens (primary N) is 1. The molecule has 0 fully saturated rings. The number of para-hydroxylation sites is 1. The van der Waals surface area contributed by atoms with Crippen LogP contribution >= 0.6 is 0 Å². The molecule has 1 heterocycles. The van der Waals surface area contributed by atoms with Gasteiger partial charge in [-0.2, -0.15) is 8.42 Å². The first-order valence-electron chi connectivity index (χ1n) is 7.36. The Morgan fingerprint density at radius 2 is 1.68 bits per heavy atom. The summed E-state index contributed by atoms with van der Waals surface area (Å²) < 4.78 is 58.9. The zero-order valence-electron chi connectivity index (χ0n) is 13.6. The molecule has 2 N–H and O–H groups in total. The SMILES string of the molecule is CC1(C)Cc2cccc(OS(=O)(=O)c3cccc(S(N)(=O)=O)c3)c2O1. The number of hydrogen-bond acceptors (Lipinski definition) is 6. The van der Waals surface area contributed by atoms with Crippen molar-refractivity contribution in [2.24, 2.45) is 5.14 Å². The van der Waals surface area contributed by atoms with Gasteiger partial charge < -0.3 is 8.92 Å². The maximum absolute atomic E-state index is 12.5. The van der Waals surface area contributed by atoms with Crippen LogP contribution in [-0.4, -0.2) is 22.4 Å². The molecular formula is C16H17NO6S2. The molecule has 3 rings (SSSR count). The van der Waals surface area contributed by atoms with Gasteiger partial charge in [0.2, 0.25) is 10.0 Å². The lowest BCUT2D eigenvalue weighted by Crippen LogP contribution is -2.24. The molecule has 0 saturated carbocycles. The Balaban J connectivity index is 1.99.